The maximum absolute atomic E-state index is 11.1. The summed E-state index contributed by atoms with van der Waals surface area (Å²) < 4.78 is 5.30. The summed E-state index contributed by atoms with van der Waals surface area (Å²) in [7, 11) is 0. The van der Waals surface area contributed by atoms with Gasteiger partial charge < -0.3 is 9.63 Å². The Labute approximate surface area is 136 Å². The van der Waals surface area contributed by atoms with Crippen LogP contribution in [0.5, 0.6) is 0 Å². The van der Waals surface area contributed by atoms with Crippen LogP contribution in [0.1, 0.15) is 31.7 Å². The predicted octanol–water partition coefficient (Wildman–Crippen LogP) is 3.29. The van der Waals surface area contributed by atoms with E-state index in [2.05, 4.69) is 15.1 Å². The van der Waals surface area contributed by atoms with Crippen molar-refractivity contribution in [3.8, 4) is 11.4 Å². The summed E-state index contributed by atoms with van der Waals surface area (Å²) in [6.45, 7) is 3.58. The second-order valence-corrected chi connectivity index (χ2v) is 6.19. The van der Waals surface area contributed by atoms with Crippen LogP contribution in [0.3, 0.4) is 0 Å². The lowest BCUT2D eigenvalue weighted by atomic mass is 10.1. The topological polar surface area (TPSA) is 89.1 Å². The van der Waals surface area contributed by atoms with Crippen molar-refractivity contribution >= 4 is 17.3 Å². The molecule has 0 aliphatic rings. The van der Waals surface area contributed by atoms with Gasteiger partial charge in [0.05, 0.1) is 16.4 Å². The van der Waals surface area contributed by atoms with Gasteiger partial charge in [0.1, 0.15) is 16.3 Å². The number of hydrogen-bond acceptors (Lipinski definition) is 6. The number of carboxylic acids is 1. The number of aromatic nitrogens is 3. The molecule has 7 heteroatoms. The van der Waals surface area contributed by atoms with Crippen LogP contribution >= 0.6 is 11.3 Å². The van der Waals surface area contributed by atoms with Crippen LogP contribution in [0.25, 0.3) is 11.4 Å². The van der Waals surface area contributed by atoms with Gasteiger partial charge in [-0.15, -0.1) is 11.3 Å². The van der Waals surface area contributed by atoms with Gasteiger partial charge in [-0.3, -0.25) is 4.98 Å². The molecule has 6 nitrogen and oxygen atoms in total. The normalized spacial score (nSPS) is 10.9. The van der Waals surface area contributed by atoms with Crippen LogP contribution in [0.4, 0.5) is 0 Å². The highest BCUT2D eigenvalue weighted by Gasteiger charge is 2.18. The number of nitrogens with zero attached hydrogens (tertiary/aromatic N) is 3. The Morgan fingerprint density at radius 1 is 1.30 bits per heavy atom. The minimum absolute atomic E-state index is 0.298. The number of pyridine rings is 1. The molecule has 0 aromatic carbocycles. The highest BCUT2D eigenvalue weighted by molar-refractivity contribution is 7.13. The minimum Gasteiger partial charge on any atom is -0.477 e. The third-order valence-corrected chi connectivity index (χ3v) is 4.72. The Balaban J connectivity index is 1.83. The molecule has 3 aromatic heterocycles. The van der Waals surface area contributed by atoms with E-state index in [1.54, 1.807) is 13.1 Å². The minimum atomic E-state index is -0.929. The van der Waals surface area contributed by atoms with E-state index < -0.39 is 5.97 Å². The monoisotopic (exact) mass is 329 g/mol. The molecule has 0 atom stereocenters. The lowest BCUT2D eigenvalue weighted by molar-refractivity contribution is 0.0701. The van der Waals surface area contributed by atoms with Crippen LogP contribution in [0, 0.1) is 13.8 Å². The smallest absolute Gasteiger partial charge is 0.347 e. The van der Waals surface area contributed by atoms with E-state index >= 15 is 0 Å². The summed E-state index contributed by atoms with van der Waals surface area (Å²) in [5.74, 6) is -0.182. The van der Waals surface area contributed by atoms with Crippen molar-refractivity contribution in [2.75, 3.05) is 0 Å². The maximum atomic E-state index is 11.1. The molecular formula is C16H15N3O3S. The largest absolute Gasteiger partial charge is 0.477 e. The average molecular weight is 329 g/mol. The standard InChI is InChI=1S/C16H15N3O3S/c1-9-15(16(20)21)23-13(18-9)7-6-11-10(2)22-19-14(11)12-5-3-4-8-17-12/h3-5,8H,6-7H2,1-2H3,(H,20,21). The summed E-state index contributed by atoms with van der Waals surface area (Å²) in [6, 6.07) is 5.64. The molecule has 0 saturated carbocycles. The van der Waals surface area contributed by atoms with Crippen LogP contribution < -0.4 is 0 Å². The van der Waals surface area contributed by atoms with E-state index in [0.717, 1.165) is 27.7 Å². The van der Waals surface area contributed by atoms with Crippen molar-refractivity contribution < 1.29 is 14.4 Å². The SMILES string of the molecule is Cc1nc(CCc2c(-c3ccccn3)noc2C)sc1C(=O)O. The van der Waals surface area contributed by atoms with E-state index in [9.17, 15) is 4.79 Å². The van der Waals surface area contributed by atoms with Gasteiger partial charge in [0, 0.05) is 18.2 Å². The Morgan fingerprint density at radius 2 is 2.13 bits per heavy atom. The Hall–Kier alpha value is -2.54. The lowest BCUT2D eigenvalue weighted by Gasteiger charge is -2.00. The zero-order valence-corrected chi connectivity index (χ0v) is 13.6. The number of aryl methyl sites for hydroxylation is 3. The quantitative estimate of drug-likeness (QED) is 0.772. The fourth-order valence-electron chi connectivity index (χ4n) is 2.38. The summed E-state index contributed by atoms with van der Waals surface area (Å²) in [5.41, 5.74) is 3.04. The van der Waals surface area contributed by atoms with Gasteiger partial charge in [-0.1, -0.05) is 11.2 Å². The molecule has 3 rings (SSSR count). The highest BCUT2D eigenvalue weighted by Crippen LogP contribution is 2.26. The zero-order valence-electron chi connectivity index (χ0n) is 12.7. The Kier molecular flexibility index (Phi) is 4.20. The third-order valence-electron chi connectivity index (χ3n) is 3.52. The molecule has 0 unspecified atom stereocenters. The van der Waals surface area contributed by atoms with Crippen LogP contribution in [0.2, 0.25) is 0 Å². The van der Waals surface area contributed by atoms with E-state index in [0.29, 0.717) is 23.4 Å². The summed E-state index contributed by atoms with van der Waals surface area (Å²) in [4.78, 5) is 20.0. The van der Waals surface area contributed by atoms with Gasteiger partial charge in [0.25, 0.3) is 0 Å². The van der Waals surface area contributed by atoms with Crippen molar-refractivity contribution in [3.05, 3.63) is 51.3 Å². The van der Waals surface area contributed by atoms with E-state index in [1.807, 2.05) is 25.1 Å². The Morgan fingerprint density at radius 3 is 2.78 bits per heavy atom. The first-order chi connectivity index (χ1) is 11.1. The number of aromatic carboxylic acids is 1. The second kappa shape index (κ2) is 6.29. The maximum Gasteiger partial charge on any atom is 0.347 e. The van der Waals surface area contributed by atoms with Crippen molar-refractivity contribution in [1.29, 1.82) is 0 Å². The summed E-state index contributed by atoms with van der Waals surface area (Å²) in [5, 5.41) is 14.0. The van der Waals surface area contributed by atoms with Gasteiger partial charge in [-0.2, -0.15) is 0 Å². The molecule has 0 fully saturated rings. The summed E-state index contributed by atoms with van der Waals surface area (Å²) >= 11 is 1.22. The van der Waals surface area contributed by atoms with E-state index in [-0.39, 0.29) is 0 Å². The predicted molar refractivity (Wildman–Crippen MR) is 85.7 cm³/mol. The average Bonchev–Trinajstić information content (AvgIpc) is 3.09. The van der Waals surface area contributed by atoms with Crippen molar-refractivity contribution in [3.63, 3.8) is 0 Å². The van der Waals surface area contributed by atoms with Crippen LogP contribution in [0.15, 0.2) is 28.9 Å². The molecule has 0 aliphatic carbocycles. The molecule has 118 valence electrons. The van der Waals surface area contributed by atoms with Gasteiger partial charge in [-0.25, -0.2) is 9.78 Å². The van der Waals surface area contributed by atoms with Gasteiger partial charge in [0.15, 0.2) is 0 Å². The molecular weight excluding hydrogens is 314 g/mol. The number of carbonyl (C=O) groups is 1. The van der Waals surface area contributed by atoms with E-state index in [4.69, 9.17) is 9.63 Å². The number of rotatable bonds is 5. The molecule has 3 aromatic rings. The molecule has 0 bridgehead atoms. The van der Waals surface area contributed by atoms with Gasteiger partial charge in [0.2, 0.25) is 0 Å². The molecule has 23 heavy (non-hydrogen) atoms. The van der Waals surface area contributed by atoms with Crippen LogP contribution in [-0.2, 0) is 12.8 Å². The van der Waals surface area contributed by atoms with Gasteiger partial charge in [-0.05, 0) is 32.4 Å². The van der Waals surface area contributed by atoms with Crippen molar-refractivity contribution in [1.82, 2.24) is 15.1 Å². The summed E-state index contributed by atoms with van der Waals surface area (Å²) in [6.07, 6.45) is 3.03. The molecule has 0 spiro atoms. The molecule has 0 saturated heterocycles. The molecule has 0 aliphatic heterocycles. The first-order valence-electron chi connectivity index (χ1n) is 7.12. The molecule has 3 heterocycles. The van der Waals surface area contributed by atoms with Crippen molar-refractivity contribution in [2.24, 2.45) is 0 Å². The number of hydrogen-bond donors (Lipinski definition) is 1. The Bertz CT molecular complexity index is 840. The fourth-order valence-corrected chi connectivity index (χ4v) is 3.28. The first kappa shape index (κ1) is 15.4. The van der Waals surface area contributed by atoms with Crippen LogP contribution in [-0.4, -0.2) is 26.2 Å². The third kappa shape index (κ3) is 3.14. The van der Waals surface area contributed by atoms with Gasteiger partial charge >= 0.3 is 5.97 Å². The van der Waals surface area contributed by atoms with Crippen molar-refractivity contribution in [2.45, 2.75) is 26.7 Å². The highest BCUT2D eigenvalue weighted by atomic mass is 32.1. The van der Waals surface area contributed by atoms with E-state index in [1.165, 1.54) is 11.3 Å². The number of carboxylic acid groups (broad SMARTS) is 1. The zero-order chi connectivity index (χ0) is 16.4. The molecule has 0 radical (unpaired) electrons. The fraction of sp³-hybridized carbons (Fsp3) is 0.250. The molecule has 0 amide bonds. The second-order valence-electron chi connectivity index (χ2n) is 5.11. The lowest BCUT2D eigenvalue weighted by Crippen LogP contribution is -1.95. The molecule has 1 N–H and O–H groups in total. The first-order valence-corrected chi connectivity index (χ1v) is 7.94. The number of thiazole rings is 1.